The van der Waals surface area contributed by atoms with Gasteiger partial charge in [-0.3, -0.25) is 10.9 Å². The summed E-state index contributed by atoms with van der Waals surface area (Å²) >= 11 is 5.34. The molecule has 2 N–H and O–H groups in total. The van der Waals surface area contributed by atoms with Gasteiger partial charge < -0.3 is 0 Å². The Labute approximate surface area is 211 Å². The fourth-order valence-electron chi connectivity index (χ4n) is 3.41. The Kier molecular flexibility index (Phi) is 13.9. The van der Waals surface area contributed by atoms with E-state index in [0.717, 1.165) is 25.7 Å². The standard InChI is InChI=1S/C29H38N4S/c1-3-5-9-19-27(21-25-15-11-7-12-16-25)23-30-32-29(34)33-31-24-28(20-10-6-4-2)22-26-17-13-8-14-18-26/h7-8,11-18,21-24H,3-6,9-10,19-20H2,1-2H3,(H2,32,33,34)/b27-21-,28-22-,30-23-,31-24+. The second-order valence-electron chi connectivity index (χ2n) is 8.24. The van der Waals surface area contributed by atoms with Gasteiger partial charge in [0.15, 0.2) is 0 Å². The predicted molar refractivity (Wildman–Crippen MR) is 153 cm³/mol. The first-order chi connectivity index (χ1) is 16.7. The fraction of sp³-hybridized carbons (Fsp3) is 0.345. The summed E-state index contributed by atoms with van der Waals surface area (Å²) in [7, 11) is 0. The van der Waals surface area contributed by atoms with Crippen LogP contribution in [0.4, 0.5) is 0 Å². The third kappa shape index (κ3) is 12.3. The number of hydrogen-bond donors (Lipinski definition) is 2. The second-order valence-corrected chi connectivity index (χ2v) is 8.65. The van der Waals surface area contributed by atoms with E-state index in [-0.39, 0.29) is 0 Å². The first-order valence-corrected chi connectivity index (χ1v) is 12.8. The van der Waals surface area contributed by atoms with E-state index < -0.39 is 0 Å². The molecule has 0 aliphatic carbocycles. The van der Waals surface area contributed by atoms with Crippen molar-refractivity contribution in [2.75, 3.05) is 0 Å². The number of hydrazone groups is 2. The lowest BCUT2D eigenvalue weighted by molar-refractivity contribution is 0.724. The summed E-state index contributed by atoms with van der Waals surface area (Å²) in [5, 5.41) is 9.04. The van der Waals surface area contributed by atoms with Gasteiger partial charge in [-0.2, -0.15) is 10.2 Å². The van der Waals surface area contributed by atoms with Crippen molar-refractivity contribution in [1.29, 1.82) is 0 Å². The lowest BCUT2D eigenvalue weighted by Gasteiger charge is -2.05. The Morgan fingerprint density at radius 1 is 0.676 bits per heavy atom. The van der Waals surface area contributed by atoms with E-state index in [2.05, 4.69) is 71.3 Å². The molecule has 2 aromatic carbocycles. The van der Waals surface area contributed by atoms with Crippen LogP contribution in [0.5, 0.6) is 0 Å². The lowest BCUT2D eigenvalue weighted by Crippen LogP contribution is -2.28. The van der Waals surface area contributed by atoms with E-state index in [9.17, 15) is 0 Å². The molecule has 0 atom stereocenters. The van der Waals surface area contributed by atoms with E-state index in [4.69, 9.17) is 12.2 Å². The third-order valence-corrected chi connectivity index (χ3v) is 5.42. The van der Waals surface area contributed by atoms with Crippen LogP contribution in [-0.4, -0.2) is 17.5 Å². The molecule has 5 heteroatoms. The van der Waals surface area contributed by atoms with Crippen LogP contribution in [0.25, 0.3) is 12.2 Å². The topological polar surface area (TPSA) is 48.8 Å². The summed E-state index contributed by atoms with van der Waals surface area (Å²) in [6.45, 7) is 4.43. The van der Waals surface area contributed by atoms with Crippen molar-refractivity contribution in [3.63, 3.8) is 0 Å². The maximum atomic E-state index is 5.34. The zero-order valence-corrected chi connectivity index (χ0v) is 21.4. The summed E-state index contributed by atoms with van der Waals surface area (Å²) in [4.78, 5) is 0. The average molecular weight is 475 g/mol. The number of thiocarbonyl (C=S) groups is 1. The molecule has 0 fully saturated rings. The van der Waals surface area contributed by atoms with Gasteiger partial charge in [-0.25, -0.2) is 0 Å². The van der Waals surface area contributed by atoms with Crippen molar-refractivity contribution in [3.05, 3.63) is 82.9 Å². The average Bonchev–Trinajstić information content (AvgIpc) is 2.85. The number of nitrogens with zero attached hydrogens (tertiary/aromatic N) is 2. The summed E-state index contributed by atoms with van der Waals surface area (Å²) in [5.74, 6) is 0. The molecule has 0 heterocycles. The number of benzene rings is 2. The van der Waals surface area contributed by atoms with Gasteiger partial charge in [-0.1, -0.05) is 112 Å². The normalized spacial score (nSPS) is 12.4. The molecule has 34 heavy (non-hydrogen) atoms. The molecule has 0 aliphatic rings. The smallest absolute Gasteiger partial charge is 0.207 e. The van der Waals surface area contributed by atoms with Crippen molar-refractivity contribution in [2.24, 2.45) is 10.2 Å². The Morgan fingerprint density at radius 2 is 1.09 bits per heavy atom. The van der Waals surface area contributed by atoms with Crippen LogP contribution in [0.1, 0.15) is 76.3 Å². The summed E-state index contributed by atoms with van der Waals surface area (Å²) in [5.41, 5.74) is 10.4. The van der Waals surface area contributed by atoms with Crippen molar-refractivity contribution in [1.82, 2.24) is 10.9 Å². The van der Waals surface area contributed by atoms with E-state index in [1.165, 1.54) is 48.0 Å². The van der Waals surface area contributed by atoms with E-state index in [1.54, 1.807) is 0 Å². The summed E-state index contributed by atoms with van der Waals surface area (Å²) in [6, 6.07) is 20.6. The molecule has 0 saturated heterocycles. The first kappa shape index (κ1) is 27.2. The van der Waals surface area contributed by atoms with Crippen molar-refractivity contribution in [3.8, 4) is 0 Å². The predicted octanol–water partition coefficient (Wildman–Crippen LogP) is 7.75. The van der Waals surface area contributed by atoms with Crippen LogP contribution in [0.2, 0.25) is 0 Å². The number of nitrogens with one attached hydrogen (secondary N) is 2. The van der Waals surface area contributed by atoms with E-state index in [1.807, 2.05) is 48.8 Å². The molecule has 4 nitrogen and oxygen atoms in total. The molecule has 2 rings (SSSR count). The van der Waals surface area contributed by atoms with Crippen LogP contribution >= 0.6 is 12.2 Å². The minimum Gasteiger partial charge on any atom is -0.252 e. The SMILES string of the molecule is CCCCCC(/C=N\NC(=S)N/N=C/C(=C\c1ccccc1)CCCCC)=C/c1ccccc1. The van der Waals surface area contributed by atoms with Gasteiger partial charge in [-0.15, -0.1) is 0 Å². The van der Waals surface area contributed by atoms with Crippen LogP contribution < -0.4 is 10.9 Å². The highest BCUT2D eigenvalue weighted by molar-refractivity contribution is 7.80. The van der Waals surface area contributed by atoms with Crippen molar-refractivity contribution < 1.29 is 0 Å². The van der Waals surface area contributed by atoms with Gasteiger partial charge in [0, 0.05) is 0 Å². The highest BCUT2D eigenvalue weighted by atomic mass is 32.1. The minimum absolute atomic E-state index is 0.368. The van der Waals surface area contributed by atoms with Gasteiger partial charge in [-0.05, 0) is 60.2 Å². The van der Waals surface area contributed by atoms with Crippen LogP contribution in [0.15, 0.2) is 82.0 Å². The first-order valence-electron chi connectivity index (χ1n) is 12.3. The molecule has 0 aromatic heterocycles. The maximum absolute atomic E-state index is 5.34. The molecular formula is C29H38N4S. The minimum atomic E-state index is 0.368. The molecule has 0 saturated carbocycles. The van der Waals surface area contributed by atoms with Crippen LogP contribution in [0.3, 0.4) is 0 Å². The monoisotopic (exact) mass is 474 g/mol. The van der Waals surface area contributed by atoms with Gasteiger partial charge in [0.05, 0.1) is 12.4 Å². The van der Waals surface area contributed by atoms with E-state index >= 15 is 0 Å². The molecule has 0 radical (unpaired) electrons. The van der Waals surface area contributed by atoms with Gasteiger partial charge in [0.2, 0.25) is 5.11 Å². The lowest BCUT2D eigenvalue weighted by atomic mass is 10.1. The molecular weight excluding hydrogens is 436 g/mol. The van der Waals surface area contributed by atoms with Crippen LogP contribution in [0, 0.1) is 0 Å². The third-order valence-electron chi connectivity index (χ3n) is 5.23. The zero-order valence-electron chi connectivity index (χ0n) is 20.5. The van der Waals surface area contributed by atoms with Gasteiger partial charge in [0.25, 0.3) is 0 Å². The maximum Gasteiger partial charge on any atom is 0.207 e. The Morgan fingerprint density at radius 3 is 1.47 bits per heavy atom. The number of unbranched alkanes of at least 4 members (excludes halogenated alkanes) is 4. The summed E-state index contributed by atoms with van der Waals surface area (Å²) in [6.07, 6.45) is 17.1. The fourth-order valence-corrected chi connectivity index (χ4v) is 3.51. The van der Waals surface area contributed by atoms with Crippen molar-refractivity contribution in [2.45, 2.75) is 65.2 Å². The molecule has 0 spiro atoms. The van der Waals surface area contributed by atoms with Gasteiger partial charge >= 0.3 is 0 Å². The Balaban J connectivity index is 1.93. The number of hydrogen-bond acceptors (Lipinski definition) is 3. The number of rotatable bonds is 14. The highest BCUT2D eigenvalue weighted by Crippen LogP contribution is 2.13. The van der Waals surface area contributed by atoms with Crippen LogP contribution in [-0.2, 0) is 0 Å². The Bertz CT molecular complexity index is 869. The quantitative estimate of drug-likeness (QED) is 0.127. The summed E-state index contributed by atoms with van der Waals surface area (Å²) < 4.78 is 0. The molecule has 0 unspecified atom stereocenters. The largest absolute Gasteiger partial charge is 0.252 e. The van der Waals surface area contributed by atoms with E-state index in [0.29, 0.717) is 5.11 Å². The second kappa shape index (κ2) is 17.4. The Hall–Kier alpha value is -3.05. The van der Waals surface area contributed by atoms with Gasteiger partial charge in [0.1, 0.15) is 0 Å². The van der Waals surface area contributed by atoms with Crippen molar-refractivity contribution >= 4 is 41.9 Å². The molecule has 0 aliphatic heterocycles. The number of allylic oxidation sites excluding steroid dienone is 2. The molecule has 0 bridgehead atoms. The highest BCUT2D eigenvalue weighted by Gasteiger charge is 1.98. The zero-order chi connectivity index (χ0) is 24.3. The molecule has 0 amide bonds. The molecule has 180 valence electrons. The molecule has 2 aromatic rings.